The summed E-state index contributed by atoms with van der Waals surface area (Å²) in [7, 11) is 0. The number of amides is 2. The summed E-state index contributed by atoms with van der Waals surface area (Å²) >= 11 is 0. The van der Waals surface area contributed by atoms with Crippen molar-refractivity contribution < 1.29 is 66.5 Å². The monoisotopic (exact) mass is 640 g/mol. The molecule has 0 unspecified atom stereocenters. The predicted molar refractivity (Wildman–Crippen MR) is 113 cm³/mol. The van der Waals surface area contributed by atoms with Crippen LogP contribution < -0.4 is 58.6 Å². The predicted octanol–water partition coefficient (Wildman–Crippen LogP) is -3.85. The number of halogens is 2. The van der Waals surface area contributed by atoms with E-state index in [1.165, 1.54) is 0 Å². The van der Waals surface area contributed by atoms with E-state index in [4.69, 9.17) is 0 Å². The second-order valence-corrected chi connectivity index (χ2v) is 7.58. The van der Waals surface area contributed by atoms with Crippen molar-refractivity contribution in [2.75, 3.05) is 65.4 Å². The van der Waals surface area contributed by atoms with Gasteiger partial charge in [-0.2, -0.15) is 0 Å². The highest BCUT2D eigenvalue weighted by atomic mass is 127. The Hall–Kier alpha value is 0.320. The van der Waals surface area contributed by atoms with Gasteiger partial charge >= 0.3 is 0 Å². The first kappa shape index (κ1) is 33.9. The molecule has 0 heterocycles. The van der Waals surface area contributed by atoms with Crippen molar-refractivity contribution >= 4 is 11.8 Å². The summed E-state index contributed by atoms with van der Waals surface area (Å²) in [4.78, 5) is 24.0. The maximum absolute atomic E-state index is 12.0. The average molecular weight is 640 g/mol. The highest BCUT2D eigenvalue weighted by Gasteiger charge is 2.21. The minimum absolute atomic E-state index is 0. The van der Waals surface area contributed by atoms with Crippen molar-refractivity contribution in [1.29, 1.82) is 0 Å². The van der Waals surface area contributed by atoms with Crippen LogP contribution in [0.4, 0.5) is 0 Å². The van der Waals surface area contributed by atoms with Crippen LogP contribution in [0.2, 0.25) is 0 Å². The van der Waals surface area contributed by atoms with Crippen molar-refractivity contribution in [2.24, 2.45) is 0 Å². The molecule has 29 heavy (non-hydrogen) atoms. The molecule has 176 valence electrons. The van der Waals surface area contributed by atoms with Gasteiger partial charge in [-0.25, -0.2) is 0 Å². The van der Waals surface area contributed by atoms with Gasteiger partial charge in [0, 0.05) is 12.8 Å². The van der Waals surface area contributed by atoms with Crippen LogP contribution in [0.5, 0.6) is 0 Å². The molecule has 0 aromatic carbocycles. The lowest BCUT2D eigenvalue weighted by Crippen LogP contribution is -3.00. The number of carbonyl (C=O) groups excluding carboxylic acids is 2. The van der Waals surface area contributed by atoms with E-state index in [-0.39, 0.29) is 59.8 Å². The number of quaternary nitrogens is 2. The lowest BCUT2D eigenvalue weighted by atomic mass is 10.2. The van der Waals surface area contributed by atoms with Crippen LogP contribution >= 0.6 is 0 Å². The van der Waals surface area contributed by atoms with Crippen LogP contribution in [0.25, 0.3) is 0 Å². The maximum atomic E-state index is 12.0. The molecular formula is C21H46I2N4O2. The highest BCUT2D eigenvalue weighted by molar-refractivity contribution is 5.78. The van der Waals surface area contributed by atoms with E-state index in [0.29, 0.717) is 32.4 Å². The molecule has 2 N–H and O–H groups in total. The lowest BCUT2D eigenvalue weighted by molar-refractivity contribution is -0.922. The summed E-state index contributed by atoms with van der Waals surface area (Å²) < 4.78 is 2.08. The third-order valence-electron chi connectivity index (χ3n) is 6.65. The molecule has 0 aromatic heterocycles. The van der Waals surface area contributed by atoms with Gasteiger partial charge in [-0.15, -0.1) is 0 Å². The summed E-state index contributed by atoms with van der Waals surface area (Å²) in [6.07, 6.45) is 1.47. The van der Waals surface area contributed by atoms with Crippen LogP contribution in [-0.4, -0.2) is 86.2 Å². The zero-order chi connectivity index (χ0) is 20.8. The van der Waals surface area contributed by atoms with Gasteiger partial charge in [-0.1, -0.05) is 0 Å². The molecule has 0 radical (unpaired) electrons. The van der Waals surface area contributed by atoms with Crippen molar-refractivity contribution in [3.63, 3.8) is 0 Å². The Labute approximate surface area is 214 Å². The fourth-order valence-corrected chi connectivity index (χ4v) is 3.74. The van der Waals surface area contributed by atoms with Crippen molar-refractivity contribution in [3.05, 3.63) is 0 Å². The minimum atomic E-state index is 0. The van der Waals surface area contributed by atoms with Gasteiger partial charge < -0.3 is 67.6 Å². The quantitative estimate of drug-likeness (QED) is 0.134. The molecule has 0 aliphatic rings. The first-order chi connectivity index (χ1) is 12.9. The number of rotatable bonds is 16. The zero-order valence-corrected chi connectivity index (χ0v) is 24.0. The van der Waals surface area contributed by atoms with E-state index >= 15 is 0 Å². The Kier molecular flexibility index (Phi) is 22.3. The van der Waals surface area contributed by atoms with Gasteiger partial charge in [0.25, 0.3) is 0 Å². The van der Waals surface area contributed by atoms with E-state index in [0.717, 1.165) is 61.3 Å². The Bertz CT molecular complexity index is 374. The molecule has 0 atom stereocenters. The van der Waals surface area contributed by atoms with Crippen molar-refractivity contribution in [3.8, 4) is 0 Å². The lowest BCUT2D eigenvalue weighted by Gasteiger charge is -2.35. The summed E-state index contributed by atoms with van der Waals surface area (Å²) in [5.74, 6) is 0.116. The number of nitrogens with one attached hydrogen (secondary N) is 2. The Morgan fingerprint density at radius 1 is 0.586 bits per heavy atom. The second kappa shape index (κ2) is 19.0. The third-order valence-corrected chi connectivity index (χ3v) is 6.65. The molecule has 2 amide bonds. The van der Waals surface area contributed by atoms with Gasteiger partial charge in [0.15, 0.2) is 0 Å². The third kappa shape index (κ3) is 13.4. The van der Waals surface area contributed by atoms with Crippen LogP contribution in [-0.2, 0) is 9.59 Å². The maximum Gasteiger partial charge on any atom is 0.220 e. The van der Waals surface area contributed by atoms with E-state index in [1.807, 2.05) is 0 Å². The van der Waals surface area contributed by atoms with Crippen LogP contribution in [0, 0.1) is 0 Å². The second-order valence-electron chi connectivity index (χ2n) is 7.58. The van der Waals surface area contributed by atoms with E-state index in [9.17, 15) is 9.59 Å². The van der Waals surface area contributed by atoms with Crippen molar-refractivity contribution in [2.45, 2.75) is 60.8 Å². The van der Waals surface area contributed by atoms with Gasteiger partial charge in [0.05, 0.1) is 65.4 Å². The molecule has 0 saturated carbocycles. The molecule has 6 nitrogen and oxygen atoms in total. The topological polar surface area (TPSA) is 58.2 Å². The van der Waals surface area contributed by atoms with Crippen LogP contribution in [0.15, 0.2) is 0 Å². The van der Waals surface area contributed by atoms with Gasteiger partial charge in [-0.05, 0) is 48.0 Å². The molecule has 0 spiro atoms. The molecule has 0 aliphatic carbocycles. The molecule has 0 rings (SSSR count). The number of likely N-dealkylation sites (N-methyl/N-ethyl adjacent to an activating group) is 2. The first-order valence-corrected chi connectivity index (χ1v) is 11.1. The fraction of sp³-hybridized carbons (Fsp3) is 0.905. The highest BCUT2D eigenvalue weighted by Crippen LogP contribution is 2.05. The van der Waals surface area contributed by atoms with Gasteiger partial charge in [0.2, 0.25) is 11.8 Å². The number of hydrogen-bond acceptors (Lipinski definition) is 2. The number of carbonyl (C=O) groups is 2. The molecule has 0 fully saturated rings. The SMILES string of the molecule is CC[N+](CC)(CC)CCNC(=O)CCCC(=O)NCC[N+](CC)(CC)CC.[I-].[I-]. The van der Waals surface area contributed by atoms with Crippen molar-refractivity contribution in [1.82, 2.24) is 10.6 Å². The number of nitrogens with zero attached hydrogens (tertiary/aromatic N) is 2. The Morgan fingerprint density at radius 2 is 0.862 bits per heavy atom. The Morgan fingerprint density at radius 3 is 1.10 bits per heavy atom. The van der Waals surface area contributed by atoms with E-state index in [1.54, 1.807) is 0 Å². The van der Waals surface area contributed by atoms with Crippen LogP contribution in [0.1, 0.15) is 60.8 Å². The fourth-order valence-electron chi connectivity index (χ4n) is 3.74. The van der Waals surface area contributed by atoms with Gasteiger partial charge in [0.1, 0.15) is 0 Å². The smallest absolute Gasteiger partial charge is 0.220 e. The largest absolute Gasteiger partial charge is 1.00 e. The Balaban J connectivity index is -0.00000338. The minimum Gasteiger partial charge on any atom is -1.00 e. The molecule has 0 aromatic rings. The zero-order valence-electron chi connectivity index (χ0n) is 19.7. The standard InChI is InChI=1S/C21H44N4O2.2HI/c1-7-24(8-2,9-3)18-16-22-20(26)14-13-15-21(27)23-17-19-25(10-4,11-5)12-6;;/h7-19H2,1-6H3;2*1H. The van der Waals surface area contributed by atoms with E-state index in [2.05, 4.69) is 52.2 Å². The number of hydrogen-bond donors (Lipinski definition) is 2. The first-order valence-electron chi connectivity index (χ1n) is 11.1. The van der Waals surface area contributed by atoms with Gasteiger partial charge in [-0.3, -0.25) is 9.59 Å². The summed E-state index contributed by atoms with van der Waals surface area (Å²) in [5, 5.41) is 6.02. The molecular weight excluding hydrogens is 594 g/mol. The molecule has 0 aliphatic heterocycles. The average Bonchev–Trinajstić information content (AvgIpc) is 2.69. The molecule has 0 saturated heterocycles. The molecule has 8 heteroatoms. The summed E-state index contributed by atoms with van der Waals surface area (Å²) in [6, 6.07) is 0. The van der Waals surface area contributed by atoms with E-state index < -0.39 is 0 Å². The summed E-state index contributed by atoms with van der Waals surface area (Å²) in [6.45, 7) is 23.2. The normalized spacial score (nSPS) is 11.2. The molecule has 0 bridgehead atoms. The summed E-state index contributed by atoms with van der Waals surface area (Å²) in [5.41, 5.74) is 0. The van der Waals surface area contributed by atoms with Crippen LogP contribution in [0.3, 0.4) is 0 Å².